The lowest BCUT2D eigenvalue weighted by atomic mass is 9.89. The van der Waals surface area contributed by atoms with Crippen molar-refractivity contribution in [2.24, 2.45) is 5.92 Å². The van der Waals surface area contributed by atoms with Crippen molar-refractivity contribution in [3.63, 3.8) is 0 Å². The molecule has 1 aliphatic rings. The molecular weight excluding hydrogens is 280 g/mol. The maximum atomic E-state index is 11.7. The number of benzene rings is 1. The van der Waals surface area contributed by atoms with E-state index in [1.807, 2.05) is 0 Å². The zero-order chi connectivity index (χ0) is 15.1. The molecule has 122 valence electrons. The van der Waals surface area contributed by atoms with Gasteiger partial charge in [-0.1, -0.05) is 26.7 Å². The normalized spacial score (nSPS) is 14.6. The van der Waals surface area contributed by atoms with Crippen molar-refractivity contribution in [2.75, 3.05) is 11.9 Å². The van der Waals surface area contributed by atoms with E-state index in [1.54, 1.807) is 24.3 Å². The summed E-state index contributed by atoms with van der Waals surface area (Å²) in [4.78, 5) is 22.6. The molecule has 1 aliphatic carbocycles. The Balaban J connectivity index is 0.00000242. The number of anilines is 1. The minimum Gasteiger partial charge on any atom is -0.410 e. The van der Waals surface area contributed by atoms with Crippen molar-refractivity contribution in [1.29, 1.82) is 0 Å². The highest BCUT2D eigenvalue weighted by Gasteiger charge is 2.14. The van der Waals surface area contributed by atoms with Gasteiger partial charge < -0.3 is 15.4 Å². The molecule has 22 heavy (non-hydrogen) atoms. The molecule has 0 heterocycles. The van der Waals surface area contributed by atoms with Gasteiger partial charge in [0, 0.05) is 19.2 Å². The van der Waals surface area contributed by atoms with E-state index in [9.17, 15) is 9.59 Å². The zero-order valence-corrected chi connectivity index (χ0v) is 12.4. The third kappa shape index (κ3) is 6.16. The monoisotopic (exact) mass is 306 g/mol. The Morgan fingerprint density at radius 3 is 2.36 bits per heavy atom. The molecule has 5 heteroatoms. The summed E-state index contributed by atoms with van der Waals surface area (Å²) in [5, 5.41) is 5.48. The molecule has 1 fully saturated rings. The van der Waals surface area contributed by atoms with Crippen molar-refractivity contribution < 1.29 is 14.3 Å². The Hall–Kier alpha value is -2.04. The van der Waals surface area contributed by atoms with Crippen LogP contribution in [0.25, 0.3) is 0 Å². The van der Waals surface area contributed by atoms with Crippen LogP contribution in [-0.4, -0.2) is 18.5 Å². The van der Waals surface area contributed by atoms with Crippen LogP contribution < -0.4 is 15.4 Å². The largest absolute Gasteiger partial charge is 0.412 e. The molecule has 0 aliphatic heterocycles. The summed E-state index contributed by atoms with van der Waals surface area (Å²) in [6.45, 7) is 2.13. The molecule has 5 nitrogen and oxygen atoms in total. The fourth-order valence-electron chi connectivity index (χ4n) is 2.57. The molecule has 0 unspecified atom stereocenters. The Bertz CT molecular complexity index is 479. The van der Waals surface area contributed by atoms with Gasteiger partial charge >= 0.3 is 6.09 Å². The first-order valence-electron chi connectivity index (χ1n) is 7.47. The zero-order valence-electron chi connectivity index (χ0n) is 12.4. The molecule has 2 rings (SSSR count). The minimum atomic E-state index is -0.423. The van der Waals surface area contributed by atoms with Crippen LogP contribution in [0.5, 0.6) is 5.75 Å². The summed E-state index contributed by atoms with van der Waals surface area (Å²) >= 11 is 0. The van der Waals surface area contributed by atoms with Crippen LogP contribution in [0.15, 0.2) is 24.3 Å². The highest BCUT2D eigenvalue weighted by Crippen LogP contribution is 2.22. The van der Waals surface area contributed by atoms with Gasteiger partial charge in [-0.3, -0.25) is 4.79 Å². The first kappa shape index (κ1) is 18.0. The van der Waals surface area contributed by atoms with E-state index in [2.05, 4.69) is 10.6 Å². The molecule has 1 aromatic carbocycles. The van der Waals surface area contributed by atoms with Crippen molar-refractivity contribution >= 4 is 17.7 Å². The lowest BCUT2D eigenvalue weighted by Crippen LogP contribution is -2.32. The van der Waals surface area contributed by atoms with Crippen molar-refractivity contribution in [1.82, 2.24) is 5.32 Å². The van der Waals surface area contributed by atoms with Crippen LogP contribution in [0.2, 0.25) is 0 Å². The smallest absolute Gasteiger partial charge is 0.410 e. The van der Waals surface area contributed by atoms with Crippen molar-refractivity contribution in [3.05, 3.63) is 24.3 Å². The molecule has 2 amide bonds. The van der Waals surface area contributed by atoms with E-state index in [0.717, 1.165) is 0 Å². The Morgan fingerprint density at radius 2 is 1.77 bits per heavy atom. The SMILES string of the molecule is C.CC(=O)Nc1ccc(OC(=O)NCC2CCCCC2)cc1. The molecule has 2 N–H and O–H groups in total. The van der Waals surface area contributed by atoms with Gasteiger partial charge in [-0.15, -0.1) is 0 Å². The van der Waals surface area contributed by atoms with Gasteiger partial charge in [0.25, 0.3) is 0 Å². The Kier molecular flexibility index (Phi) is 7.43. The summed E-state index contributed by atoms with van der Waals surface area (Å²) < 4.78 is 5.20. The van der Waals surface area contributed by atoms with Crippen LogP contribution in [0, 0.1) is 5.92 Å². The number of carbonyl (C=O) groups is 2. The molecular formula is C17H26N2O3. The second kappa shape index (κ2) is 9.07. The highest BCUT2D eigenvalue weighted by atomic mass is 16.6. The summed E-state index contributed by atoms with van der Waals surface area (Å²) in [6, 6.07) is 6.72. The summed E-state index contributed by atoms with van der Waals surface area (Å²) in [7, 11) is 0. The number of hydrogen-bond donors (Lipinski definition) is 2. The van der Waals surface area contributed by atoms with Crippen molar-refractivity contribution in [3.8, 4) is 5.75 Å². The molecule has 1 aromatic rings. The predicted octanol–water partition coefficient (Wildman–Crippen LogP) is 3.95. The van der Waals surface area contributed by atoms with Crippen LogP contribution in [0.3, 0.4) is 0 Å². The van der Waals surface area contributed by atoms with Crippen LogP contribution in [0.4, 0.5) is 10.5 Å². The topological polar surface area (TPSA) is 67.4 Å². The molecule has 0 bridgehead atoms. The first-order chi connectivity index (χ1) is 10.1. The lowest BCUT2D eigenvalue weighted by Gasteiger charge is -2.21. The van der Waals surface area contributed by atoms with Crippen LogP contribution >= 0.6 is 0 Å². The molecule has 0 atom stereocenters. The number of ether oxygens (including phenoxy) is 1. The van der Waals surface area contributed by atoms with E-state index < -0.39 is 6.09 Å². The van der Waals surface area contributed by atoms with E-state index in [4.69, 9.17) is 4.74 Å². The average molecular weight is 306 g/mol. The lowest BCUT2D eigenvalue weighted by molar-refractivity contribution is -0.114. The van der Waals surface area contributed by atoms with Gasteiger partial charge in [0.05, 0.1) is 0 Å². The second-order valence-corrected chi connectivity index (χ2v) is 5.48. The van der Waals surface area contributed by atoms with E-state index in [1.165, 1.54) is 39.0 Å². The fraction of sp³-hybridized carbons (Fsp3) is 0.529. The molecule has 0 aromatic heterocycles. The van der Waals surface area contributed by atoms with Gasteiger partial charge in [-0.25, -0.2) is 4.79 Å². The third-order valence-electron chi connectivity index (χ3n) is 3.65. The number of hydrogen-bond acceptors (Lipinski definition) is 3. The quantitative estimate of drug-likeness (QED) is 0.885. The van der Waals surface area contributed by atoms with Gasteiger partial charge in [0.15, 0.2) is 0 Å². The molecule has 1 saturated carbocycles. The van der Waals surface area contributed by atoms with Crippen LogP contribution in [-0.2, 0) is 4.79 Å². The summed E-state index contributed by atoms with van der Waals surface area (Å²) in [5.41, 5.74) is 0.678. The van der Waals surface area contributed by atoms with E-state index in [0.29, 0.717) is 23.9 Å². The maximum Gasteiger partial charge on any atom is 0.412 e. The molecule has 0 spiro atoms. The Morgan fingerprint density at radius 1 is 1.14 bits per heavy atom. The molecule has 0 radical (unpaired) electrons. The number of rotatable bonds is 4. The van der Waals surface area contributed by atoms with E-state index in [-0.39, 0.29) is 13.3 Å². The van der Waals surface area contributed by atoms with Gasteiger partial charge in [0.1, 0.15) is 5.75 Å². The number of amides is 2. The standard InChI is InChI=1S/C16H22N2O3.CH4/c1-12(19)18-14-7-9-15(10-8-14)21-16(20)17-11-13-5-3-2-4-6-13;/h7-10,13H,2-6,11H2,1H3,(H,17,20)(H,18,19);1H4. The molecule has 0 saturated heterocycles. The number of carbonyl (C=O) groups excluding carboxylic acids is 2. The average Bonchev–Trinajstić information content (AvgIpc) is 2.48. The maximum absolute atomic E-state index is 11.7. The fourth-order valence-corrected chi connectivity index (χ4v) is 2.57. The Labute approximate surface area is 132 Å². The first-order valence-corrected chi connectivity index (χ1v) is 7.47. The van der Waals surface area contributed by atoms with Gasteiger partial charge in [-0.05, 0) is 43.0 Å². The summed E-state index contributed by atoms with van der Waals surface area (Å²) in [6.07, 6.45) is 5.77. The van der Waals surface area contributed by atoms with Crippen LogP contribution in [0.1, 0.15) is 46.5 Å². The number of nitrogens with one attached hydrogen (secondary N) is 2. The van der Waals surface area contributed by atoms with Crippen molar-refractivity contribution in [2.45, 2.75) is 46.5 Å². The summed E-state index contributed by atoms with van der Waals surface area (Å²) in [5.74, 6) is 0.910. The highest BCUT2D eigenvalue weighted by molar-refractivity contribution is 5.88. The predicted molar refractivity (Wildman–Crippen MR) is 88.1 cm³/mol. The minimum absolute atomic E-state index is 0. The van der Waals surface area contributed by atoms with E-state index >= 15 is 0 Å². The van der Waals surface area contributed by atoms with Gasteiger partial charge in [-0.2, -0.15) is 0 Å². The second-order valence-electron chi connectivity index (χ2n) is 5.48. The van der Waals surface area contributed by atoms with Gasteiger partial charge in [0.2, 0.25) is 5.91 Å². The third-order valence-corrected chi connectivity index (χ3v) is 3.65.